The van der Waals surface area contributed by atoms with Gasteiger partial charge in [-0.25, -0.2) is 4.39 Å². The van der Waals surface area contributed by atoms with E-state index in [4.69, 9.17) is 9.15 Å². The molecule has 0 aliphatic heterocycles. The summed E-state index contributed by atoms with van der Waals surface area (Å²) in [6.07, 6.45) is 0.494. The van der Waals surface area contributed by atoms with E-state index < -0.39 is 5.25 Å². The standard InChI is InChI=1S/C19H18FN3O3S/c1-12(18(24)21-15-7-5-14(20)6-8-15)27-19-23-22-17(26-19)11-13-3-9-16(25-2)10-4-13/h3-10,12H,11H2,1-2H3,(H,21,24)/t12-/m1/s1. The molecule has 3 aromatic rings. The number of nitrogens with zero attached hydrogens (tertiary/aromatic N) is 2. The van der Waals surface area contributed by atoms with Crippen molar-refractivity contribution in [3.8, 4) is 5.75 Å². The number of rotatable bonds is 7. The van der Waals surface area contributed by atoms with Crippen molar-refractivity contribution in [2.24, 2.45) is 0 Å². The number of thioether (sulfide) groups is 1. The summed E-state index contributed by atoms with van der Waals surface area (Å²) in [6, 6.07) is 13.2. The molecule has 1 amide bonds. The van der Waals surface area contributed by atoms with Crippen LogP contribution < -0.4 is 10.1 Å². The van der Waals surface area contributed by atoms with Crippen molar-refractivity contribution in [2.45, 2.75) is 23.8 Å². The van der Waals surface area contributed by atoms with Crippen molar-refractivity contribution >= 4 is 23.4 Å². The predicted molar refractivity (Wildman–Crippen MR) is 100 cm³/mol. The van der Waals surface area contributed by atoms with Crippen LogP contribution in [0.15, 0.2) is 58.2 Å². The summed E-state index contributed by atoms with van der Waals surface area (Å²) in [4.78, 5) is 12.2. The molecule has 0 fully saturated rings. The molecule has 0 bridgehead atoms. The van der Waals surface area contributed by atoms with Crippen LogP contribution >= 0.6 is 11.8 Å². The number of anilines is 1. The van der Waals surface area contributed by atoms with Gasteiger partial charge in [-0.3, -0.25) is 4.79 Å². The first-order valence-corrected chi connectivity index (χ1v) is 9.10. The van der Waals surface area contributed by atoms with Gasteiger partial charge in [-0.15, -0.1) is 10.2 Å². The highest BCUT2D eigenvalue weighted by Gasteiger charge is 2.18. The molecule has 27 heavy (non-hydrogen) atoms. The second kappa shape index (κ2) is 8.68. The molecule has 2 aromatic carbocycles. The van der Waals surface area contributed by atoms with E-state index in [1.165, 1.54) is 36.0 Å². The van der Waals surface area contributed by atoms with E-state index >= 15 is 0 Å². The summed E-state index contributed by atoms with van der Waals surface area (Å²) >= 11 is 1.17. The number of methoxy groups -OCH3 is 1. The molecule has 0 radical (unpaired) electrons. The number of aromatic nitrogens is 2. The van der Waals surface area contributed by atoms with Crippen molar-refractivity contribution < 1.29 is 18.3 Å². The first-order chi connectivity index (χ1) is 13.0. The van der Waals surface area contributed by atoms with Crippen LogP contribution in [0, 0.1) is 5.82 Å². The summed E-state index contributed by atoms with van der Waals surface area (Å²) in [6.45, 7) is 1.73. The Labute approximate surface area is 160 Å². The third kappa shape index (κ3) is 5.30. The van der Waals surface area contributed by atoms with E-state index in [0.717, 1.165) is 11.3 Å². The number of nitrogens with one attached hydrogen (secondary N) is 1. The lowest BCUT2D eigenvalue weighted by Gasteiger charge is -2.09. The topological polar surface area (TPSA) is 77.2 Å². The second-order valence-corrected chi connectivity index (χ2v) is 7.03. The Morgan fingerprint density at radius 1 is 1.19 bits per heavy atom. The van der Waals surface area contributed by atoms with E-state index in [1.807, 2.05) is 24.3 Å². The van der Waals surface area contributed by atoms with Gasteiger partial charge in [0.05, 0.1) is 18.8 Å². The normalized spacial score (nSPS) is 11.8. The molecule has 1 N–H and O–H groups in total. The van der Waals surface area contributed by atoms with Crippen molar-refractivity contribution in [1.29, 1.82) is 0 Å². The monoisotopic (exact) mass is 387 g/mol. The van der Waals surface area contributed by atoms with Gasteiger partial charge in [-0.1, -0.05) is 23.9 Å². The van der Waals surface area contributed by atoms with E-state index in [9.17, 15) is 9.18 Å². The minimum atomic E-state index is -0.454. The number of hydrogen-bond acceptors (Lipinski definition) is 6. The molecule has 8 heteroatoms. The number of carbonyl (C=O) groups is 1. The molecule has 0 aliphatic carbocycles. The number of halogens is 1. The molecule has 140 valence electrons. The molecular formula is C19H18FN3O3S. The van der Waals surface area contributed by atoms with E-state index in [-0.39, 0.29) is 11.7 Å². The van der Waals surface area contributed by atoms with Crippen LogP contribution in [0.3, 0.4) is 0 Å². The third-order valence-electron chi connectivity index (χ3n) is 3.72. The minimum absolute atomic E-state index is 0.235. The highest BCUT2D eigenvalue weighted by molar-refractivity contribution is 8.00. The number of benzene rings is 2. The maximum atomic E-state index is 12.9. The summed E-state index contributed by atoms with van der Waals surface area (Å²) in [7, 11) is 1.61. The Balaban J connectivity index is 1.55. The average molecular weight is 387 g/mol. The molecule has 6 nitrogen and oxygen atoms in total. The molecule has 1 aromatic heterocycles. The summed E-state index contributed by atoms with van der Waals surface area (Å²) in [5, 5.41) is 10.6. The first-order valence-electron chi connectivity index (χ1n) is 8.22. The summed E-state index contributed by atoms with van der Waals surface area (Å²) < 4.78 is 23.7. The molecule has 1 atom stereocenters. The van der Waals surface area contributed by atoms with Crippen LogP contribution in [0.4, 0.5) is 10.1 Å². The molecule has 0 spiro atoms. The fourth-order valence-electron chi connectivity index (χ4n) is 2.26. The van der Waals surface area contributed by atoms with E-state index in [0.29, 0.717) is 23.2 Å². The average Bonchev–Trinajstić information content (AvgIpc) is 3.11. The van der Waals surface area contributed by atoms with Crippen LogP contribution in [-0.2, 0) is 11.2 Å². The van der Waals surface area contributed by atoms with Crippen molar-refractivity contribution in [3.05, 3.63) is 65.8 Å². The lowest BCUT2D eigenvalue weighted by atomic mass is 10.1. The SMILES string of the molecule is COc1ccc(Cc2nnc(S[C@H](C)C(=O)Nc3ccc(F)cc3)o2)cc1. The highest BCUT2D eigenvalue weighted by Crippen LogP contribution is 2.24. The third-order valence-corrected chi connectivity index (χ3v) is 4.66. The maximum Gasteiger partial charge on any atom is 0.277 e. The van der Waals surface area contributed by atoms with Crippen LogP contribution in [0.25, 0.3) is 0 Å². The van der Waals surface area contributed by atoms with Gasteiger partial charge in [-0.05, 0) is 48.9 Å². The molecule has 0 aliphatic rings. The van der Waals surface area contributed by atoms with Crippen LogP contribution in [0.2, 0.25) is 0 Å². The van der Waals surface area contributed by atoms with Gasteiger partial charge in [0.15, 0.2) is 0 Å². The summed E-state index contributed by atoms with van der Waals surface area (Å²) in [5.74, 6) is 0.655. The second-order valence-electron chi connectivity index (χ2n) is 5.74. The Morgan fingerprint density at radius 3 is 2.56 bits per heavy atom. The molecule has 3 rings (SSSR count). The predicted octanol–water partition coefficient (Wildman–Crippen LogP) is 3.93. The van der Waals surface area contributed by atoms with Gasteiger partial charge >= 0.3 is 0 Å². The highest BCUT2D eigenvalue weighted by atomic mass is 32.2. The van der Waals surface area contributed by atoms with Gasteiger partial charge in [0, 0.05) is 5.69 Å². The van der Waals surface area contributed by atoms with Gasteiger partial charge in [0.2, 0.25) is 11.8 Å². The van der Waals surface area contributed by atoms with Gasteiger partial charge < -0.3 is 14.5 Å². The molecule has 1 heterocycles. The lowest BCUT2D eigenvalue weighted by Crippen LogP contribution is -2.22. The number of ether oxygens (including phenoxy) is 1. The molecule has 0 unspecified atom stereocenters. The van der Waals surface area contributed by atoms with Crippen LogP contribution in [-0.4, -0.2) is 28.5 Å². The summed E-state index contributed by atoms with van der Waals surface area (Å²) in [5.41, 5.74) is 1.54. The van der Waals surface area contributed by atoms with Gasteiger partial charge in [-0.2, -0.15) is 0 Å². The molecule has 0 saturated carbocycles. The first kappa shape index (κ1) is 18.9. The van der Waals surface area contributed by atoms with Crippen LogP contribution in [0.1, 0.15) is 18.4 Å². The van der Waals surface area contributed by atoms with Crippen molar-refractivity contribution in [2.75, 3.05) is 12.4 Å². The van der Waals surface area contributed by atoms with Gasteiger partial charge in [0.25, 0.3) is 5.22 Å². The van der Waals surface area contributed by atoms with E-state index in [2.05, 4.69) is 15.5 Å². The zero-order chi connectivity index (χ0) is 19.2. The Morgan fingerprint density at radius 2 is 1.89 bits per heavy atom. The smallest absolute Gasteiger partial charge is 0.277 e. The zero-order valence-corrected chi connectivity index (χ0v) is 15.6. The van der Waals surface area contributed by atoms with Crippen molar-refractivity contribution in [3.63, 3.8) is 0 Å². The van der Waals surface area contributed by atoms with Crippen molar-refractivity contribution in [1.82, 2.24) is 10.2 Å². The Kier molecular flexibility index (Phi) is 6.08. The lowest BCUT2D eigenvalue weighted by molar-refractivity contribution is -0.115. The number of hydrogen-bond donors (Lipinski definition) is 1. The number of carbonyl (C=O) groups excluding carboxylic acids is 1. The minimum Gasteiger partial charge on any atom is -0.497 e. The maximum absolute atomic E-state index is 12.9. The molecule has 0 saturated heterocycles. The zero-order valence-electron chi connectivity index (χ0n) is 14.8. The Bertz CT molecular complexity index is 897. The molecular weight excluding hydrogens is 369 g/mol. The van der Waals surface area contributed by atoms with E-state index in [1.54, 1.807) is 14.0 Å². The largest absolute Gasteiger partial charge is 0.497 e. The fourth-order valence-corrected chi connectivity index (χ4v) is 2.96. The quantitative estimate of drug-likeness (QED) is 0.619. The van der Waals surface area contributed by atoms with Gasteiger partial charge in [0.1, 0.15) is 11.6 Å². The fraction of sp³-hybridized carbons (Fsp3) is 0.211. The number of amides is 1. The Hall–Kier alpha value is -2.87. The van der Waals surface area contributed by atoms with Crippen LogP contribution in [0.5, 0.6) is 5.75 Å².